The first-order valence-corrected chi connectivity index (χ1v) is 9.43. The first-order valence-electron chi connectivity index (χ1n) is 8.27. The van der Waals surface area contributed by atoms with Crippen molar-refractivity contribution < 1.29 is 9.53 Å². The Balaban J connectivity index is 1.42. The number of aryl methyl sites for hydroxylation is 1. The van der Waals surface area contributed by atoms with Crippen molar-refractivity contribution in [2.75, 3.05) is 23.4 Å². The molecule has 3 aromatic carbocycles. The molecule has 0 bridgehead atoms. The quantitative estimate of drug-likeness (QED) is 0.615. The molecule has 1 amide bonds. The highest BCUT2D eigenvalue weighted by Gasteiger charge is 2.04. The Labute approximate surface area is 152 Å². The smallest absolute Gasteiger partial charge is 0.234 e. The van der Waals surface area contributed by atoms with Crippen molar-refractivity contribution in [3.63, 3.8) is 0 Å². The van der Waals surface area contributed by atoms with Crippen molar-refractivity contribution in [3.8, 4) is 5.75 Å². The van der Waals surface area contributed by atoms with Gasteiger partial charge in [-0.05, 0) is 36.1 Å². The van der Waals surface area contributed by atoms with Crippen LogP contribution in [0.3, 0.4) is 0 Å². The van der Waals surface area contributed by atoms with E-state index in [1.54, 1.807) is 11.8 Å². The fraction of sp³-hybridized carbons (Fsp3) is 0.190. The van der Waals surface area contributed by atoms with Crippen molar-refractivity contribution in [1.82, 2.24) is 0 Å². The number of hydrogen-bond acceptors (Lipinski definition) is 3. The normalized spacial score (nSPS) is 10.6. The first kappa shape index (κ1) is 17.4. The van der Waals surface area contributed by atoms with Crippen LogP contribution >= 0.6 is 11.8 Å². The molecule has 128 valence electrons. The molecule has 0 heterocycles. The molecule has 0 fully saturated rings. The van der Waals surface area contributed by atoms with Crippen LogP contribution in [-0.4, -0.2) is 24.0 Å². The maximum absolute atomic E-state index is 12.0. The molecule has 25 heavy (non-hydrogen) atoms. The molecule has 0 saturated carbocycles. The number of carbonyl (C=O) groups excluding carboxylic acids is 1. The Kier molecular flexibility index (Phi) is 5.96. The summed E-state index contributed by atoms with van der Waals surface area (Å²) < 4.78 is 5.88. The molecule has 4 heteroatoms. The van der Waals surface area contributed by atoms with E-state index in [1.165, 1.54) is 5.39 Å². The Morgan fingerprint density at radius 2 is 1.84 bits per heavy atom. The van der Waals surface area contributed by atoms with Crippen LogP contribution in [-0.2, 0) is 4.79 Å². The van der Waals surface area contributed by atoms with E-state index in [9.17, 15) is 4.79 Å². The molecule has 0 aliphatic rings. The molecule has 3 rings (SSSR count). The molecule has 0 aromatic heterocycles. The molecule has 1 N–H and O–H groups in total. The molecule has 0 spiro atoms. The van der Waals surface area contributed by atoms with Gasteiger partial charge in [0.15, 0.2) is 0 Å². The van der Waals surface area contributed by atoms with Gasteiger partial charge in [-0.3, -0.25) is 4.79 Å². The third-order valence-corrected chi connectivity index (χ3v) is 4.69. The maximum atomic E-state index is 12.0. The lowest BCUT2D eigenvalue weighted by Gasteiger charge is -2.09. The summed E-state index contributed by atoms with van der Waals surface area (Å²) >= 11 is 1.57. The fourth-order valence-electron chi connectivity index (χ4n) is 2.62. The summed E-state index contributed by atoms with van der Waals surface area (Å²) in [6.45, 7) is 2.59. The predicted molar refractivity (Wildman–Crippen MR) is 107 cm³/mol. The number of rotatable bonds is 7. The number of fused-ring (bicyclic) bond motifs is 1. The summed E-state index contributed by atoms with van der Waals surface area (Å²) in [6.07, 6.45) is 0. The van der Waals surface area contributed by atoms with Crippen molar-refractivity contribution in [3.05, 3.63) is 72.3 Å². The second kappa shape index (κ2) is 8.58. The Morgan fingerprint density at radius 1 is 1.04 bits per heavy atom. The zero-order chi connectivity index (χ0) is 17.5. The van der Waals surface area contributed by atoms with E-state index in [0.29, 0.717) is 12.4 Å². The molecular formula is C21H21NO2S. The van der Waals surface area contributed by atoms with Crippen molar-refractivity contribution in [2.24, 2.45) is 0 Å². The average molecular weight is 351 g/mol. The first-order chi connectivity index (χ1) is 12.2. The van der Waals surface area contributed by atoms with Crippen LogP contribution in [0.1, 0.15) is 5.56 Å². The van der Waals surface area contributed by atoms with Crippen LogP contribution in [0.2, 0.25) is 0 Å². The molecule has 0 unspecified atom stereocenters. The number of carbonyl (C=O) groups is 1. The third kappa shape index (κ3) is 5.00. The highest BCUT2D eigenvalue weighted by atomic mass is 32.2. The summed E-state index contributed by atoms with van der Waals surface area (Å²) in [7, 11) is 0. The number of anilines is 1. The molecule has 0 saturated heterocycles. The second-order valence-corrected chi connectivity index (χ2v) is 6.90. The number of benzene rings is 3. The van der Waals surface area contributed by atoms with E-state index in [0.717, 1.165) is 28.1 Å². The minimum absolute atomic E-state index is 0.0146. The van der Waals surface area contributed by atoms with E-state index < -0.39 is 0 Å². The highest BCUT2D eigenvalue weighted by Crippen LogP contribution is 2.25. The van der Waals surface area contributed by atoms with Crippen molar-refractivity contribution in [1.29, 1.82) is 0 Å². The van der Waals surface area contributed by atoms with Crippen molar-refractivity contribution in [2.45, 2.75) is 6.92 Å². The van der Waals surface area contributed by atoms with Gasteiger partial charge >= 0.3 is 0 Å². The lowest BCUT2D eigenvalue weighted by atomic mass is 10.1. The minimum atomic E-state index is 0.0146. The standard InChI is InChI=1S/C21H21NO2S/c1-16-6-4-9-18(14-16)22-21(23)15-25-13-12-24-20-11-5-8-17-7-2-3-10-19(17)20/h2-11,14H,12-13,15H2,1H3,(H,22,23). The van der Waals surface area contributed by atoms with Gasteiger partial charge in [0.1, 0.15) is 5.75 Å². The van der Waals surface area contributed by atoms with E-state index in [-0.39, 0.29) is 5.91 Å². The number of ether oxygens (including phenoxy) is 1. The van der Waals surface area contributed by atoms with Crippen molar-refractivity contribution >= 4 is 34.1 Å². The lowest BCUT2D eigenvalue weighted by molar-refractivity contribution is -0.113. The molecule has 0 aliphatic carbocycles. The number of thioether (sulfide) groups is 1. The molecule has 0 atom stereocenters. The Hall–Kier alpha value is -2.46. The maximum Gasteiger partial charge on any atom is 0.234 e. The summed E-state index contributed by atoms with van der Waals surface area (Å²) in [6, 6.07) is 22.1. The Bertz CT molecular complexity index is 858. The van der Waals surface area contributed by atoms with Gasteiger partial charge in [-0.15, -0.1) is 11.8 Å². The highest BCUT2D eigenvalue weighted by molar-refractivity contribution is 7.99. The largest absolute Gasteiger partial charge is 0.492 e. The van der Waals surface area contributed by atoms with Crippen LogP contribution in [0.15, 0.2) is 66.7 Å². The van der Waals surface area contributed by atoms with Crippen LogP contribution in [0.25, 0.3) is 10.8 Å². The van der Waals surface area contributed by atoms with Gasteiger partial charge in [0.2, 0.25) is 5.91 Å². The second-order valence-electron chi connectivity index (χ2n) is 5.80. The SMILES string of the molecule is Cc1cccc(NC(=O)CSCCOc2cccc3ccccc23)c1. The van der Waals surface area contributed by atoms with Gasteiger partial charge in [-0.2, -0.15) is 0 Å². The molecular weight excluding hydrogens is 330 g/mol. The lowest BCUT2D eigenvalue weighted by Crippen LogP contribution is -2.15. The zero-order valence-electron chi connectivity index (χ0n) is 14.2. The molecule has 3 nitrogen and oxygen atoms in total. The number of hydrogen-bond donors (Lipinski definition) is 1. The van der Waals surface area contributed by atoms with Gasteiger partial charge in [-0.25, -0.2) is 0 Å². The third-order valence-electron chi connectivity index (χ3n) is 3.77. The fourth-order valence-corrected chi connectivity index (χ4v) is 3.22. The molecule has 3 aromatic rings. The summed E-state index contributed by atoms with van der Waals surface area (Å²) in [5.41, 5.74) is 1.98. The number of nitrogens with one attached hydrogen (secondary N) is 1. The Morgan fingerprint density at radius 3 is 2.72 bits per heavy atom. The summed E-state index contributed by atoms with van der Waals surface area (Å²) in [5, 5.41) is 5.20. The molecule has 0 aliphatic heterocycles. The van der Waals surface area contributed by atoms with Crippen LogP contribution in [0.4, 0.5) is 5.69 Å². The topological polar surface area (TPSA) is 38.3 Å². The number of amides is 1. The van der Waals surface area contributed by atoms with Crippen LogP contribution < -0.4 is 10.1 Å². The minimum Gasteiger partial charge on any atom is -0.492 e. The van der Waals surface area contributed by atoms with Gasteiger partial charge in [-0.1, -0.05) is 48.5 Å². The summed E-state index contributed by atoms with van der Waals surface area (Å²) in [4.78, 5) is 12.0. The summed E-state index contributed by atoms with van der Waals surface area (Å²) in [5.74, 6) is 2.10. The van der Waals surface area contributed by atoms with Gasteiger partial charge < -0.3 is 10.1 Å². The molecule has 0 radical (unpaired) electrons. The average Bonchev–Trinajstić information content (AvgIpc) is 2.61. The van der Waals surface area contributed by atoms with E-state index in [2.05, 4.69) is 23.5 Å². The monoisotopic (exact) mass is 351 g/mol. The van der Waals surface area contributed by atoms with Gasteiger partial charge in [0.25, 0.3) is 0 Å². The van der Waals surface area contributed by atoms with E-state index in [1.807, 2.05) is 55.5 Å². The van der Waals surface area contributed by atoms with Crippen LogP contribution in [0, 0.1) is 6.92 Å². The van der Waals surface area contributed by atoms with Crippen LogP contribution in [0.5, 0.6) is 5.75 Å². The predicted octanol–water partition coefficient (Wildman–Crippen LogP) is 4.90. The van der Waals surface area contributed by atoms with E-state index in [4.69, 9.17) is 4.74 Å². The van der Waals surface area contributed by atoms with Gasteiger partial charge in [0, 0.05) is 16.8 Å². The zero-order valence-corrected chi connectivity index (χ0v) is 15.0. The van der Waals surface area contributed by atoms with Gasteiger partial charge in [0.05, 0.1) is 12.4 Å². The van der Waals surface area contributed by atoms with E-state index >= 15 is 0 Å².